The van der Waals surface area contributed by atoms with Crippen LogP contribution >= 0.6 is 12.2 Å². The van der Waals surface area contributed by atoms with Crippen LogP contribution in [-0.4, -0.2) is 24.4 Å². The first-order chi connectivity index (χ1) is 4.85. The van der Waals surface area contributed by atoms with Gasteiger partial charge in [0.05, 0.1) is 24.4 Å². The minimum Gasteiger partial charge on any atom is -0.380 e. The van der Waals surface area contributed by atoms with Crippen molar-refractivity contribution in [3.63, 3.8) is 0 Å². The van der Waals surface area contributed by atoms with Crippen LogP contribution in [0.3, 0.4) is 0 Å². The minimum atomic E-state index is 0.460. The fourth-order valence-corrected chi connectivity index (χ4v) is 1.88. The van der Waals surface area contributed by atoms with Gasteiger partial charge in [-0.25, -0.2) is 4.99 Å². The van der Waals surface area contributed by atoms with Crippen molar-refractivity contribution in [2.75, 3.05) is 13.2 Å². The molecule has 0 bridgehead atoms. The highest BCUT2D eigenvalue weighted by molar-refractivity contribution is 7.78. The number of isothiocyanates is 1. The number of rotatable bonds is 1. The van der Waals surface area contributed by atoms with Gasteiger partial charge in [0.15, 0.2) is 0 Å². The van der Waals surface area contributed by atoms with Gasteiger partial charge in [0, 0.05) is 5.41 Å². The molecule has 0 unspecified atom stereocenters. The Hall–Kier alpha value is -0.240. The first kappa shape index (κ1) is 6.47. The summed E-state index contributed by atoms with van der Waals surface area (Å²) in [4.78, 5) is 4.02. The van der Waals surface area contributed by atoms with E-state index in [2.05, 4.69) is 22.4 Å². The van der Waals surface area contributed by atoms with Crippen LogP contribution in [0.2, 0.25) is 0 Å². The maximum absolute atomic E-state index is 5.12. The van der Waals surface area contributed by atoms with E-state index in [1.165, 1.54) is 0 Å². The molecule has 0 amide bonds. The second kappa shape index (κ2) is 2.12. The normalized spacial score (nSPS) is 28.4. The van der Waals surface area contributed by atoms with Crippen LogP contribution in [-0.2, 0) is 4.74 Å². The molecule has 0 atom stereocenters. The van der Waals surface area contributed by atoms with E-state index in [-0.39, 0.29) is 0 Å². The van der Waals surface area contributed by atoms with Gasteiger partial charge in [-0.05, 0) is 25.1 Å². The van der Waals surface area contributed by atoms with Crippen molar-refractivity contribution in [1.82, 2.24) is 0 Å². The third-order valence-corrected chi connectivity index (χ3v) is 2.49. The topological polar surface area (TPSA) is 21.6 Å². The standard InChI is InChI=1S/C7H9NOS/c10-5-8-6-1-7(2-6)3-9-4-7/h6H,1-4H2. The van der Waals surface area contributed by atoms with E-state index in [1.54, 1.807) is 0 Å². The lowest BCUT2D eigenvalue weighted by Gasteiger charge is -2.51. The summed E-state index contributed by atoms with van der Waals surface area (Å²) in [5.41, 5.74) is 0.514. The fourth-order valence-electron chi connectivity index (χ4n) is 1.73. The van der Waals surface area contributed by atoms with Crippen molar-refractivity contribution < 1.29 is 4.74 Å². The first-order valence-electron chi connectivity index (χ1n) is 3.49. The Balaban J connectivity index is 1.87. The molecule has 54 valence electrons. The third kappa shape index (κ3) is 0.823. The largest absolute Gasteiger partial charge is 0.380 e. The van der Waals surface area contributed by atoms with Gasteiger partial charge in [-0.2, -0.15) is 0 Å². The number of ether oxygens (including phenoxy) is 1. The summed E-state index contributed by atoms with van der Waals surface area (Å²) in [5, 5.41) is 2.42. The number of nitrogens with zero attached hydrogens (tertiary/aromatic N) is 1. The highest BCUT2D eigenvalue weighted by Gasteiger charge is 2.49. The lowest BCUT2D eigenvalue weighted by atomic mass is 9.64. The minimum absolute atomic E-state index is 0.460. The molecule has 1 aliphatic heterocycles. The molecule has 0 aromatic heterocycles. The quantitative estimate of drug-likeness (QED) is 0.420. The number of hydrogen-bond acceptors (Lipinski definition) is 3. The van der Waals surface area contributed by atoms with Crippen LogP contribution in [0.4, 0.5) is 0 Å². The number of thiocarbonyl (C=S) groups is 1. The molecule has 2 aliphatic rings. The van der Waals surface area contributed by atoms with E-state index in [1.807, 2.05) is 0 Å². The van der Waals surface area contributed by atoms with Crippen LogP contribution in [0.5, 0.6) is 0 Å². The Morgan fingerprint density at radius 1 is 1.50 bits per heavy atom. The molecule has 0 aromatic carbocycles. The molecule has 1 aliphatic carbocycles. The Morgan fingerprint density at radius 3 is 2.60 bits per heavy atom. The molecule has 10 heavy (non-hydrogen) atoms. The molecule has 3 heteroatoms. The Morgan fingerprint density at radius 2 is 2.20 bits per heavy atom. The zero-order valence-electron chi connectivity index (χ0n) is 5.67. The summed E-state index contributed by atoms with van der Waals surface area (Å²) in [5.74, 6) is 0. The van der Waals surface area contributed by atoms with E-state index in [0.29, 0.717) is 11.5 Å². The smallest absolute Gasteiger partial charge is 0.0616 e. The van der Waals surface area contributed by atoms with Crippen molar-refractivity contribution in [2.24, 2.45) is 10.4 Å². The van der Waals surface area contributed by atoms with Crippen molar-refractivity contribution in [1.29, 1.82) is 0 Å². The summed E-state index contributed by atoms with van der Waals surface area (Å²) in [6.45, 7) is 1.88. The predicted octanol–water partition coefficient (Wildman–Crippen LogP) is 1.27. The Kier molecular flexibility index (Phi) is 1.37. The molecular weight excluding hydrogens is 146 g/mol. The van der Waals surface area contributed by atoms with Crippen LogP contribution in [0.25, 0.3) is 0 Å². The lowest BCUT2D eigenvalue weighted by molar-refractivity contribution is -0.162. The monoisotopic (exact) mass is 155 g/mol. The predicted molar refractivity (Wildman–Crippen MR) is 41.3 cm³/mol. The Labute approximate surface area is 65.3 Å². The zero-order chi connectivity index (χ0) is 7.03. The van der Waals surface area contributed by atoms with Gasteiger partial charge in [-0.1, -0.05) is 0 Å². The average Bonchev–Trinajstić information content (AvgIpc) is 1.72. The summed E-state index contributed by atoms with van der Waals surface area (Å²) in [6.07, 6.45) is 2.33. The fraction of sp³-hybridized carbons (Fsp3) is 0.857. The highest BCUT2D eigenvalue weighted by atomic mass is 32.1. The molecule has 0 aromatic rings. The van der Waals surface area contributed by atoms with Crippen LogP contribution in [0.15, 0.2) is 4.99 Å². The molecular formula is C7H9NOS. The number of aliphatic imine (C=N–C) groups is 1. The average molecular weight is 155 g/mol. The first-order valence-corrected chi connectivity index (χ1v) is 3.90. The molecule has 1 saturated carbocycles. The third-order valence-electron chi connectivity index (χ3n) is 2.39. The molecule has 2 nitrogen and oxygen atoms in total. The second-order valence-electron chi connectivity index (χ2n) is 3.28. The number of hydrogen-bond donors (Lipinski definition) is 0. The summed E-state index contributed by atoms with van der Waals surface area (Å²) < 4.78 is 5.12. The van der Waals surface area contributed by atoms with E-state index < -0.39 is 0 Å². The molecule has 1 spiro atoms. The molecule has 2 fully saturated rings. The SMILES string of the molecule is S=C=NC1CC2(COC2)C1. The summed E-state index contributed by atoms with van der Waals surface area (Å²) in [6, 6.07) is 0.460. The van der Waals surface area contributed by atoms with Gasteiger partial charge < -0.3 is 4.74 Å². The molecule has 1 heterocycles. The molecule has 0 radical (unpaired) electrons. The van der Waals surface area contributed by atoms with Gasteiger partial charge in [0.2, 0.25) is 0 Å². The van der Waals surface area contributed by atoms with Crippen molar-refractivity contribution >= 4 is 17.4 Å². The molecule has 1 saturated heterocycles. The lowest BCUT2D eigenvalue weighted by Crippen LogP contribution is -2.53. The highest BCUT2D eigenvalue weighted by Crippen LogP contribution is 2.48. The van der Waals surface area contributed by atoms with Crippen LogP contribution in [0.1, 0.15) is 12.8 Å². The van der Waals surface area contributed by atoms with Gasteiger partial charge in [0.1, 0.15) is 0 Å². The summed E-state index contributed by atoms with van der Waals surface area (Å²) in [7, 11) is 0. The van der Waals surface area contributed by atoms with Crippen molar-refractivity contribution in [2.45, 2.75) is 18.9 Å². The van der Waals surface area contributed by atoms with Gasteiger partial charge >= 0.3 is 0 Å². The van der Waals surface area contributed by atoms with E-state index >= 15 is 0 Å². The van der Waals surface area contributed by atoms with Gasteiger partial charge in [-0.15, -0.1) is 0 Å². The van der Waals surface area contributed by atoms with Crippen molar-refractivity contribution in [3.8, 4) is 0 Å². The van der Waals surface area contributed by atoms with E-state index in [9.17, 15) is 0 Å². The summed E-state index contributed by atoms with van der Waals surface area (Å²) >= 11 is 4.51. The zero-order valence-corrected chi connectivity index (χ0v) is 6.49. The van der Waals surface area contributed by atoms with Crippen LogP contribution in [0, 0.1) is 5.41 Å². The Bertz CT molecular complexity index is 186. The van der Waals surface area contributed by atoms with E-state index in [4.69, 9.17) is 4.74 Å². The second-order valence-corrected chi connectivity index (χ2v) is 3.46. The maximum atomic E-state index is 5.12. The van der Waals surface area contributed by atoms with Crippen molar-refractivity contribution in [3.05, 3.63) is 0 Å². The van der Waals surface area contributed by atoms with E-state index in [0.717, 1.165) is 26.1 Å². The van der Waals surface area contributed by atoms with Gasteiger partial charge in [-0.3, -0.25) is 0 Å². The van der Waals surface area contributed by atoms with Gasteiger partial charge in [0.25, 0.3) is 0 Å². The van der Waals surface area contributed by atoms with Crippen LogP contribution < -0.4 is 0 Å². The maximum Gasteiger partial charge on any atom is 0.0616 e. The molecule has 0 N–H and O–H groups in total. The molecule has 2 rings (SSSR count).